The van der Waals surface area contributed by atoms with Gasteiger partial charge in [0.15, 0.2) is 0 Å². The second-order valence-corrected chi connectivity index (χ2v) is 13.0. The number of carbonyl (C=O) groups is 2. The molecule has 0 saturated carbocycles. The molecule has 3 aromatic carbocycles. The third kappa shape index (κ3) is 7.75. The number of halogens is 2. The minimum atomic E-state index is -4.16. The van der Waals surface area contributed by atoms with Gasteiger partial charge in [0.05, 0.1) is 10.6 Å². The van der Waals surface area contributed by atoms with E-state index in [9.17, 15) is 18.0 Å². The van der Waals surface area contributed by atoms with Crippen molar-refractivity contribution in [1.29, 1.82) is 0 Å². The van der Waals surface area contributed by atoms with E-state index < -0.39 is 34.1 Å². The van der Waals surface area contributed by atoms with E-state index in [-0.39, 0.29) is 17.3 Å². The van der Waals surface area contributed by atoms with Gasteiger partial charge >= 0.3 is 0 Å². The minimum Gasteiger partial charge on any atom is -0.350 e. The number of aryl methyl sites for hydroxylation is 1. The molecule has 0 spiro atoms. The topological polar surface area (TPSA) is 86.8 Å². The Morgan fingerprint density at radius 3 is 2.15 bits per heavy atom. The molecule has 10 heteroatoms. The number of sulfonamides is 1. The summed E-state index contributed by atoms with van der Waals surface area (Å²) < 4.78 is 28.8. The van der Waals surface area contributed by atoms with Gasteiger partial charge in [0, 0.05) is 22.1 Å². The van der Waals surface area contributed by atoms with Gasteiger partial charge in [0.1, 0.15) is 12.6 Å². The zero-order valence-electron chi connectivity index (χ0n) is 22.6. The number of amides is 2. The number of rotatable bonds is 9. The van der Waals surface area contributed by atoms with E-state index in [0.29, 0.717) is 26.9 Å². The summed E-state index contributed by atoms with van der Waals surface area (Å²) in [5.74, 6) is -0.941. The molecule has 3 aromatic rings. The van der Waals surface area contributed by atoms with E-state index >= 15 is 0 Å². The van der Waals surface area contributed by atoms with Crippen molar-refractivity contribution in [3.8, 4) is 0 Å². The fraction of sp³-hybridized carbons (Fsp3) is 0.310. The quantitative estimate of drug-likeness (QED) is 0.340. The monoisotopic (exact) mass is 589 g/mol. The number of anilines is 1. The Labute approximate surface area is 240 Å². The number of carbonyl (C=O) groups excluding carboxylic acids is 2. The molecule has 3 rings (SSSR count). The van der Waals surface area contributed by atoms with Crippen LogP contribution in [0.15, 0.2) is 77.7 Å². The van der Waals surface area contributed by atoms with Crippen LogP contribution in [0.2, 0.25) is 10.0 Å². The van der Waals surface area contributed by atoms with Crippen molar-refractivity contribution in [3.63, 3.8) is 0 Å². The largest absolute Gasteiger partial charge is 0.350 e. The highest BCUT2D eigenvalue weighted by Gasteiger charge is 2.34. The molecule has 1 N–H and O–H groups in total. The van der Waals surface area contributed by atoms with Gasteiger partial charge in [0.2, 0.25) is 11.8 Å². The highest BCUT2D eigenvalue weighted by atomic mass is 35.5. The summed E-state index contributed by atoms with van der Waals surface area (Å²) >= 11 is 12.5. The van der Waals surface area contributed by atoms with Gasteiger partial charge in [-0.3, -0.25) is 13.9 Å². The van der Waals surface area contributed by atoms with Gasteiger partial charge in [-0.25, -0.2) is 8.42 Å². The Bertz CT molecular complexity index is 1440. The molecule has 0 aromatic heterocycles. The first-order valence-electron chi connectivity index (χ1n) is 12.4. The molecule has 7 nitrogen and oxygen atoms in total. The van der Waals surface area contributed by atoms with Crippen LogP contribution in [-0.4, -0.2) is 43.3 Å². The second kappa shape index (κ2) is 12.4. The van der Waals surface area contributed by atoms with Crippen molar-refractivity contribution < 1.29 is 18.0 Å². The molecule has 0 aliphatic carbocycles. The van der Waals surface area contributed by atoms with Crippen LogP contribution in [0.4, 0.5) is 5.69 Å². The zero-order valence-corrected chi connectivity index (χ0v) is 24.9. The Hall–Kier alpha value is -3.07. The van der Waals surface area contributed by atoms with Crippen LogP contribution >= 0.6 is 23.2 Å². The molecule has 0 radical (unpaired) electrons. The van der Waals surface area contributed by atoms with Gasteiger partial charge in [-0.15, -0.1) is 0 Å². The summed E-state index contributed by atoms with van der Waals surface area (Å²) in [6.07, 6.45) is 0. The van der Waals surface area contributed by atoms with E-state index in [1.54, 1.807) is 74.5 Å². The second-order valence-electron chi connectivity index (χ2n) is 10.3. The molecule has 0 bridgehead atoms. The van der Waals surface area contributed by atoms with Crippen molar-refractivity contribution in [1.82, 2.24) is 10.2 Å². The predicted molar refractivity (Wildman–Crippen MR) is 157 cm³/mol. The summed E-state index contributed by atoms with van der Waals surface area (Å²) in [5, 5.41) is 3.77. The van der Waals surface area contributed by atoms with Crippen LogP contribution in [0.1, 0.15) is 38.8 Å². The van der Waals surface area contributed by atoms with Crippen LogP contribution in [0.5, 0.6) is 0 Å². The van der Waals surface area contributed by atoms with Gasteiger partial charge < -0.3 is 10.2 Å². The Morgan fingerprint density at radius 1 is 0.949 bits per heavy atom. The maximum Gasteiger partial charge on any atom is 0.264 e. The number of hydrogen-bond acceptors (Lipinski definition) is 4. The first-order chi connectivity index (χ1) is 18.2. The van der Waals surface area contributed by atoms with Crippen LogP contribution < -0.4 is 9.62 Å². The Balaban J connectivity index is 2.07. The lowest BCUT2D eigenvalue weighted by atomic mass is 10.1. The molecule has 208 valence electrons. The van der Waals surface area contributed by atoms with Crippen LogP contribution in [-0.2, 0) is 26.2 Å². The predicted octanol–water partition coefficient (Wildman–Crippen LogP) is 5.83. The Kier molecular flexibility index (Phi) is 9.69. The van der Waals surface area contributed by atoms with Crippen molar-refractivity contribution in [2.24, 2.45) is 0 Å². The maximum atomic E-state index is 14.0. The first-order valence-corrected chi connectivity index (χ1v) is 14.6. The molecule has 2 amide bonds. The standard InChI is InChI=1S/C29H33Cl2N3O4S/c1-20-17-23(30)15-16-26(20)34(39(37,38)24-12-7-6-8-13-24)19-27(35)33(18-22-11-9-10-14-25(22)31)21(2)28(36)32-29(3,4)5/h6-17,21H,18-19H2,1-5H3,(H,32,36). The molecule has 0 aliphatic rings. The van der Waals surface area contributed by atoms with E-state index in [1.807, 2.05) is 20.8 Å². The average molecular weight is 591 g/mol. The third-order valence-electron chi connectivity index (χ3n) is 6.00. The van der Waals surface area contributed by atoms with Crippen molar-refractivity contribution in [3.05, 3.63) is 94.0 Å². The molecular weight excluding hydrogens is 557 g/mol. The summed E-state index contributed by atoms with van der Waals surface area (Å²) in [7, 11) is -4.16. The van der Waals surface area contributed by atoms with Crippen LogP contribution in [0.25, 0.3) is 0 Å². The van der Waals surface area contributed by atoms with Gasteiger partial charge in [0.25, 0.3) is 10.0 Å². The molecule has 1 unspecified atom stereocenters. The molecular formula is C29H33Cl2N3O4S. The summed E-state index contributed by atoms with van der Waals surface area (Å²) in [6, 6.07) is 18.8. The summed E-state index contributed by atoms with van der Waals surface area (Å²) in [4.78, 5) is 28.5. The van der Waals surface area contributed by atoms with Gasteiger partial charge in [-0.1, -0.05) is 59.6 Å². The minimum absolute atomic E-state index is 0.00998. The number of hydrogen-bond donors (Lipinski definition) is 1. The van der Waals surface area contributed by atoms with Gasteiger partial charge in [-0.05, 0) is 82.1 Å². The van der Waals surface area contributed by atoms with Crippen molar-refractivity contribution >= 4 is 50.7 Å². The molecule has 0 aliphatic heterocycles. The van der Waals surface area contributed by atoms with E-state index in [4.69, 9.17) is 23.2 Å². The number of nitrogens with zero attached hydrogens (tertiary/aromatic N) is 2. The smallest absolute Gasteiger partial charge is 0.264 e. The number of benzene rings is 3. The fourth-order valence-corrected chi connectivity index (χ4v) is 5.92. The van der Waals surface area contributed by atoms with Crippen LogP contribution in [0, 0.1) is 6.92 Å². The SMILES string of the molecule is Cc1cc(Cl)ccc1N(CC(=O)N(Cc1ccccc1Cl)C(C)C(=O)NC(C)(C)C)S(=O)(=O)c1ccccc1. The summed E-state index contributed by atoms with van der Waals surface area (Å²) in [5.41, 5.74) is 0.975. The van der Waals surface area contributed by atoms with Crippen molar-refractivity contribution in [2.45, 2.75) is 57.6 Å². The van der Waals surface area contributed by atoms with Crippen LogP contribution in [0.3, 0.4) is 0 Å². The lowest BCUT2D eigenvalue weighted by molar-refractivity contribution is -0.140. The fourth-order valence-electron chi connectivity index (χ4n) is 4.00. The van der Waals surface area contributed by atoms with E-state index in [0.717, 1.165) is 4.31 Å². The molecule has 0 heterocycles. The van der Waals surface area contributed by atoms with Gasteiger partial charge in [-0.2, -0.15) is 0 Å². The average Bonchev–Trinajstić information content (AvgIpc) is 2.86. The van der Waals surface area contributed by atoms with E-state index in [1.165, 1.54) is 17.0 Å². The molecule has 39 heavy (non-hydrogen) atoms. The highest BCUT2D eigenvalue weighted by molar-refractivity contribution is 7.92. The third-order valence-corrected chi connectivity index (χ3v) is 8.38. The summed E-state index contributed by atoms with van der Waals surface area (Å²) in [6.45, 7) is 8.33. The van der Waals surface area contributed by atoms with E-state index in [2.05, 4.69) is 5.32 Å². The molecule has 0 saturated heterocycles. The normalized spacial score (nSPS) is 12.5. The highest BCUT2D eigenvalue weighted by Crippen LogP contribution is 2.29. The number of nitrogens with one attached hydrogen (secondary N) is 1. The molecule has 1 atom stereocenters. The Morgan fingerprint density at radius 2 is 1.56 bits per heavy atom. The lowest BCUT2D eigenvalue weighted by Crippen LogP contribution is -2.54. The van der Waals surface area contributed by atoms with Crippen molar-refractivity contribution in [2.75, 3.05) is 10.8 Å². The maximum absolute atomic E-state index is 14.0. The first kappa shape index (κ1) is 30.5. The lowest BCUT2D eigenvalue weighted by Gasteiger charge is -2.34. The zero-order chi connectivity index (χ0) is 29.0. The molecule has 0 fully saturated rings.